The second-order valence-electron chi connectivity index (χ2n) is 3.22. The van der Waals surface area contributed by atoms with E-state index in [0.717, 1.165) is 0 Å². The fraction of sp³-hybridized carbons (Fsp3) is 0.300. The second kappa shape index (κ2) is 4.40. The summed E-state index contributed by atoms with van der Waals surface area (Å²) in [6, 6.07) is 1.23. The number of carboxylic acid groups (broad SMARTS) is 1. The number of hydrogen-bond donors (Lipinski definition) is 3. The first-order valence-corrected chi connectivity index (χ1v) is 4.73. The highest BCUT2D eigenvalue weighted by molar-refractivity contribution is 6.31. The lowest BCUT2D eigenvalue weighted by atomic mass is 10.0. The summed E-state index contributed by atoms with van der Waals surface area (Å²) in [5, 5.41) is 27.6. The summed E-state index contributed by atoms with van der Waals surface area (Å²) in [6.07, 6.45) is 0.0231. The summed E-state index contributed by atoms with van der Waals surface area (Å²) in [5.41, 5.74) is 0.968. The monoisotopic (exact) mass is 230 g/mol. The molecule has 0 spiro atoms. The number of halogens is 1. The SMILES string of the molecule is Cc1c(Cl)cc(O)c(O)c1CCC(=O)O. The van der Waals surface area contributed by atoms with Gasteiger partial charge in [-0.05, 0) is 18.9 Å². The highest BCUT2D eigenvalue weighted by Crippen LogP contribution is 2.36. The maximum atomic E-state index is 10.4. The third-order valence-electron chi connectivity index (χ3n) is 2.19. The lowest BCUT2D eigenvalue weighted by Gasteiger charge is -2.10. The summed E-state index contributed by atoms with van der Waals surface area (Å²) >= 11 is 5.79. The Hall–Kier alpha value is -1.42. The first-order valence-electron chi connectivity index (χ1n) is 4.35. The Balaban J connectivity index is 3.09. The predicted octanol–water partition coefficient (Wildman–Crippen LogP) is 2.08. The van der Waals surface area contributed by atoms with Crippen molar-refractivity contribution in [2.75, 3.05) is 0 Å². The second-order valence-corrected chi connectivity index (χ2v) is 3.63. The number of rotatable bonds is 3. The van der Waals surface area contributed by atoms with Crippen LogP contribution in [0, 0.1) is 6.92 Å². The van der Waals surface area contributed by atoms with E-state index >= 15 is 0 Å². The highest BCUT2D eigenvalue weighted by Gasteiger charge is 2.14. The normalized spacial score (nSPS) is 10.3. The van der Waals surface area contributed by atoms with Crippen LogP contribution in [0.3, 0.4) is 0 Å². The minimum absolute atomic E-state index is 0.117. The largest absolute Gasteiger partial charge is 0.504 e. The Labute approximate surface area is 91.7 Å². The fourth-order valence-electron chi connectivity index (χ4n) is 1.31. The zero-order chi connectivity index (χ0) is 11.6. The Morgan fingerprint density at radius 3 is 2.60 bits per heavy atom. The summed E-state index contributed by atoms with van der Waals surface area (Å²) in [4.78, 5) is 10.4. The summed E-state index contributed by atoms with van der Waals surface area (Å²) in [7, 11) is 0. The van der Waals surface area contributed by atoms with Crippen LogP contribution in [-0.4, -0.2) is 21.3 Å². The van der Waals surface area contributed by atoms with Crippen LogP contribution in [0.2, 0.25) is 5.02 Å². The number of phenols is 2. The van der Waals surface area contributed by atoms with E-state index in [0.29, 0.717) is 16.1 Å². The molecule has 82 valence electrons. The maximum absolute atomic E-state index is 10.4. The van der Waals surface area contributed by atoms with Crippen LogP contribution < -0.4 is 0 Å². The molecule has 0 saturated carbocycles. The number of carboxylic acids is 1. The number of hydrogen-bond acceptors (Lipinski definition) is 3. The average Bonchev–Trinajstić information content (AvgIpc) is 2.14. The van der Waals surface area contributed by atoms with Crippen molar-refractivity contribution in [3.63, 3.8) is 0 Å². The minimum atomic E-state index is -0.965. The van der Waals surface area contributed by atoms with Gasteiger partial charge in [-0.15, -0.1) is 0 Å². The molecule has 0 aliphatic rings. The summed E-state index contributed by atoms with van der Waals surface area (Å²) in [5.74, 6) is -1.59. The number of benzene rings is 1. The van der Waals surface area contributed by atoms with E-state index in [1.54, 1.807) is 6.92 Å². The van der Waals surface area contributed by atoms with Crippen molar-refractivity contribution in [1.82, 2.24) is 0 Å². The molecule has 3 N–H and O–H groups in total. The number of phenolic OH excluding ortho intramolecular Hbond substituents is 2. The van der Waals surface area contributed by atoms with E-state index in [4.69, 9.17) is 16.7 Å². The van der Waals surface area contributed by atoms with Crippen LogP contribution in [0.25, 0.3) is 0 Å². The van der Waals surface area contributed by atoms with Gasteiger partial charge in [0.2, 0.25) is 0 Å². The van der Waals surface area contributed by atoms with E-state index in [1.807, 2.05) is 0 Å². The molecule has 4 nitrogen and oxygen atoms in total. The molecule has 1 aromatic rings. The molecular weight excluding hydrogens is 220 g/mol. The van der Waals surface area contributed by atoms with Gasteiger partial charge in [0.15, 0.2) is 11.5 Å². The van der Waals surface area contributed by atoms with Gasteiger partial charge in [0, 0.05) is 23.1 Å². The molecule has 0 aliphatic heterocycles. The van der Waals surface area contributed by atoms with Crippen molar-refractivity contribution >= 4 is 17.6 Å². The first kappa shape index (κ1) is 11.7. The molecule has 15 heavy (non-hydrogen) atoms. The lowest BCUT2D eigenvalue weighted by Crippen LogP contribution is -2.00. The molecule has 0 aliphatic carbocycles. The Bertz CT molecular complexity index is 375. The molecule has 0 bridgehead atoms. The predicted molar refractivity (Wildman–Crippen MR) is 55.5 cm³/mol. The molecule has 0 radical (unpaired) electrons. The molecule has 0 atom stereocenters. The van der Waals surface area contributed by atoms with Crippen LogP contribution in [0.5, 0.6) is 11.5 Å². The molecule has 0 saturated heterocycles. The van der Waals surface area contributed by atoms with Crippen molar-refractivity contribution in [2.45, 2.75) is 19.8 Å². The lowest BCUT2D eigenvalue weighted by molar-refractivity contribution is -0.136. The zero-order valence-corrected chi connectivity index (χ0v) is 8.88. The first-order chi connectivity index (χ1) is 6.93. The fourth-order valence-corrected chi connectivity index (χ4v) is 1.53. The van der Waals surface area contributed by atoms with E-state index in [1.165, 1.54) is 6.07 Å². The van der Waals surface area contributed by atoms with Crippen LogP contribution in [0.4, 0.5) is 0 Å². The number of aliphatic carboxylic acids is 1. The third kappa shape index (κ3) is 2.53. The van der Waals surface area contributed by atoms with Crippen LogP contribution in [0.15, 0.2) is 6.07 Å². The number of aromatic hydroxyl groups is 2. The van der Waals surface area contributed by atoms with Crippen LogP contribution in [-0.2, 0) is 11.2 Å². The van der Waals surface area contributed by atoms with Gasteiger partial charge in [0.05, 0.1) is 0 Å². The van der Waals surface area contributed by atoms with Crippen molar-refractivity contribution in [3.05, 3.63) is 22.2 Å². The molecule has 0 fully saturated rings. The van der Waals surface area contributed by atoms with E-state index < -0.39 is 5.97 Å². The van der Waals surface area contributed by atoms with E-state index in [9.17, 15) is 15.0 Å². The Morgan fingerprint density at radius 2 is 2.07 bits per heavy atom. The molecule has 5 heteroatoms. The van der Waals surface area contributed by atoms with Gasteiger partial charge in [-0.1, -0.05) is 11.6 Å². The quantitative estimate of drug-likeness (QED) is 0.695. The van der Waals surface area contributed by atoms with E-state index in [-0.39, 0.29) is 24.3 Å². The van der Waals surface area contributed by atoms with Gasteiger partial charge in [0.25, 0.3) is 0 Å². The van der Waals surface area contributed by atoms with Crippen molar-refractivity contribution < 1.29 is 20.1 Å². The van der Waals surface area contributed by atoms with Gasteiger partial charge in [-0.25, -0.2) is 0 Å². The summed E-state index contributed by atoms with van der Waals surface area (Å²) < 4.78 is 0. The third-order valence-corrected chi connectivity index (χ3v) is 2.58. The van der Waals surface area contributed by atoms with Crippen LogP contribution in [0.1, 0.15) is 17.5 Å². The molecule has 0 unspecified atom stereocenters. The molecule has 0 heterocycles. The van der Waals surface area contributed by atoms with Crippen molar-refractivity contribution in [3.8, 4) is 11.5 Å². The van der Waals surface area contributed by atoms with Crippen molar-refractivity contribution in [1.29, 1.82) is 0 Å². The number of carbonyl (C=O) groups is 1. The van der Waals surface area contributed by atoms with Gasteiger partial charge in [-0.2, -0.15) is 0 Å². The Morgan fingerprint density at radius 1 is 1.47 bits per heavy atom. The Kier molecular flexibility index (Phi) is 3.42. The zero-order valence-electron chi connectivity index (χ0n) is 8.12. The van der Waals surface area contributed by atoms with E-state index in [2.05, 4.69) is 0 Å². The topological polar surface area (TPSA) is 77.8 Å². The van der Waals surface area contributed by atoms with Gasteiger partial charge >= 0.3 is 5.97 Å². The van der Waals surface area contributed by atoms with Crippen LogP contribution >= 0.6 is 11.6 Å². The highest BCUT2D eigenvalue weighted by atomic mass is 35.5. The molecule has 0 amide bonds. The molecule has 0 aromatic heterocycles. The van der Waals surface area contributed by atoms with Crippen molar-refractivity contribution in [2.24, 2.45) is 0 Å². The molecular formula is C10H11ClO4. The van der Waals surface area contributed by atoms with Gasteiger partial charge in [-0.3, -0.25) is 4.79 Å². The van der Waals surface area contributed by atoms with Gasteiger partial charge < -0.3 is 15.3 Å². The van der Waals surface area contributed by atoms with Gasteiger partial charge in [0.1, 0.15) is 0 Å². The standard InChI is InChI=1S/C10H11ClO4/c1-5-6(2-3-9(13)14)10(15)8(12)4-7(5)11/h4,12,15H,2-3H2,1H3,(H,13,14). The minimum Gasteiger partial charge on any atom is -0.504 e. The summed E-state index contributed by atoms with van der Waals surface area (Å²) in [6.45, 7) is 1.67. The average molecular weight is 231 g/mol. The smallest absolute Gasteiger partial charge is 0.303 e. The molecule has 1 rings (SSSR count). The molecule has 1 aromatic carbocycles. The maximum Gasteiger partial charge on any atom is 0.303 e.